The van der Waals surface area contributed by atoms with Crippen LogP contribution < -0.4 is 0 Å². The minimum atomic E-state index is -0.0773. The zero-order valence-electron chi connectivity index (χ0n) is 23.5. The van der Waals surface area contributed by atoms with Gasteiger partial charge >= 0.3 is 0 Å². The second-order valence-electron chi connectivity index (χ2n) is 11.8. The second kappa shape index (κ2) is 8.83. The van der Waals surface area contributed by atoms with Gasteiger partial charge in [0, 0.05) is 34.5 Å². The van der Waals surface area contributed by atoms with Gasteiger partial charge in [0.05, 0.1) is 19.0 Å². The van der Waals surface area contributed by atoms with Crippen molar-refractivity contribution in [3.8, 4) is 0 Å². The number of benzene rings is 3. The molecule has 3 aliphatic heterocycles. The molecule has 0 bridgehead atoms. The molecule has 194 valence electrons. The van der Waals surface area contributed by atoms with Gasteiger partial charge in [-0.25, -0.2) is 0 Å². The molecule has 7 rings (SSSR count). The Morgan fingerprint density at radius 1 is 0.923 bits per heavy atom. The molecule has 3 atom stereocenters. The molecule has 3 aromatic carbocycles. The lowest BCUT2D eigenvalue weighted by Crippen LogP contribution is -2.60. The van der Waals surface area contributed by atoms with Crippen molar-refractivity contribution in [3.63, 3.8) is 0 Å². The molecule has 4 aliphatic rings. The Kier molecular flexibility index (Phi) is 5.47. The summed E-state index contributed by atoms with van der Waals surface area (Å²) >= 11 is 0. The Balaban J connectivity index is 1.40. The number of aryl methyl sites for hydroxylation is 1. The van der Waals surface area contributed by atoms with Crippen molar-refractivity contribution >= 4 is 16.8 Å². The highest BCUT2D eigenvalue weighted by Crippen LogP contribution is 2.62. The maximum Gasteiger partial charge on any atom is 0.143 e. The van der Waals surface area contributed by atoms with Crippen molar-refractivity contribution in [2.75, 3.05) is 13.6 Å². The van der Waals surface area contributed by atoms with E-state index in [1.807, 2.05) is 0 Å². The van der Waals surface area contributed by atoms with E-state index in [-0.39, 0.29) is 5.54 Å². The molecule has 0 radical (unpaired) electrons. The molecule has 0 fully saturated rings. The maximum absolute atomic E-state index is 2.68. The van der Waals surface area contributed by atoms with E-state index < -0.39 is 0 Å². The number of rotatable bonds is 4. The molecule has 3 unspecified atom stereocenters. The lowest BCUT2D eigenvalue weighted by atomic mass is 9.64. The van der Waals surface area contributed by atoms with Crippen LogP contribution in [0.15, 0.2) is 121 Å². The summed E-state index contributed by atoms with van der Waals surface area (Å²) < 4.78 is 0.831. The van der Waals surface area contributed by atoms with E-state index in [4.69, 9.17) is 0 Å². The van der Waals surface area contributed by atoms with Crippen LogP contribution in [0.2, 0.25) is 0 Å². The van der Waals surface area contributed by atoms with Crippen molar-refractivity contribution in [2.45, 2.75) is 45.2 Å². The average Bonchev–Trinajstić information content (AvgIpc) is 2.97. The normalized spacial score (nSPS) is 27.0. The summed E-state index contributed by atoms with van der Waals surface area (Å²) in [5, 5.41) is 0. The molecule has 2 nitrogen and oxygen atoms in total. The molecule has 3 heterocycles. The highest BCUT2D eigenvalue weighted by Gasteiger charge is 2.59. The van der Waals surface area contributed by atoms with Gasteiger partial charge in [0.1, 0.15) is 17.9 Å². The monoisotopic (exact) mass is 509 g/mol. The summed E-state index contributed by atoms with van der Waals surface area (Å²) in [6.45, 7) is 7.95. The van der Waals surface area contributed by atoms with E-state index >= 15 is 0 Å². The van der Waals surface area contributed by atoms with Crippen molar-refractivity contribution in [3.05, 3.63) is 148 Å². The Labute approximate surface area is 233 Å². The van der Waals surface area contributed by atoms with E-state index in [1.54, 1.807) is 5.70 Å². The van der Waals surface area contributed by atoms with Gasteiger partial charge in [0.2, 0.25) is 0 Å². The first kappa shape index (κ1) is 24.2. The Morgan fingerprint density at radius 3 is 2.44 bits per heavy atom. The predicted octanol–water partition coefficient (Wildman–Crippen LogP) is 8.54. The minimum Gasteiger partial charge on any atom is -0.357 e. The third-order valence-corrected chi connectivity index (χ3v) is 9.60. The van der Waals surface area contributed by atoms with Gasteiger partial charge in [-0.05, 0) is 54.7 Å². The molecule has 0 saturated heterocycles. The lowest BCUT2D eigenvalue weighted by molar-refractivity contribution is -0.850. The molecular weight excluding hydrogens is 472 g/mol. The number of allylic oxidation sites excluding steroid dienone is 4. The number of nitrogens with zero attached hydrogens (tertiary/aromatic N) is 2. The third kappa shape index (κ3) is 3.44. The number of likely N-dealkylation sites (N-methyl/N-ethyl adjacent to an activating group) is 1. The van der Waals surface area contributed by atoms with Crippen molar-refractivity contribution in [1.29, 1.82) is 0 Å². The van der Waals surface area contributed by atoms with Crippen LogP contribution in [-0.2, 0) is 6.42 Å². The molecular formula is C37H37N2+. The summed E-state index contributed by atoms with van der Waals surface area (Å²) in [6.07, 6.45) is 14.0. The maximum atomic E-state index is 2.68. The van der Waals surface area contributed by atoms with Crippen LogP contribution >= 0.6 is 0 Å². The van der Waals surface area contributed by atoms with E-state index in [9.17, 15) is 0 Å². The standard InChI is InChI=1S/C37H37N2/c1-5-27-15-9-10-18-29(27)33-21-13-14-22-38(33)37(3)24-35-36(37)31-20-12-11-19-30(31)34-23-26(2)32(25-39(34,35)4)28-16-7-6-8-17-28/h6-21,23,25,34H,5,22,24H2,1-4H3/q+1. The molecule has 0 spiro atoms. The Morgan fingerprint density at radius 2 is 1.64 bits per heavy atom. The first-order valence-corrected chi connectivity index (χ1v) is 14.3. The highest BCUT2D eigenvalue weighted by atomic mass is 15.4. The summed E-state index contributed by atoms with van der Waals surface area (Å²) in [7, 11) is 2.43. The average molecular weight is 510 g/mol. The van der Waals surface area contributed by atoms with Crippen molar-refractivity contribution in [1.82, 2.24) is 4.90 Å². The van der Waals surface area contributed by atoms with E-state index in [1.165, 1.54) is 50.2 Å². The summed E-state index contributed by atoms with van der Waals surface area (Å²) in [5.74, 6) is 0. The van der Waals surface area contributed by atoms with Gasteiger partial charge in [0.15, 0.2) is 0 Å². The van der Waals surface area contributed by atoms with Crippen LogP contribution in [0, 0.1) is 0 Å². The minimum absolute atomic E-state index is 0.0773. The molecule has 0 amide bonds. The predicted molar refractivity (Wildman–Crippen MR) is 163 cm³/mol. The van der Waals surface area contributed by atoms with Crippen LogP contribution in [0.3, 0.4) is 0 Å². The van der Waals surface area contributed by atoms with E-state index in [2.05, 4.69) is 142 Å². The van der Waals surface area contributed by atoms with E-state index in [0.29, 0.717) is 6.04 Å². The van der Waals surface area contributed by atoms with Crippen LogP contribution in [0.4, 0.5) is 0 Å². The second-order valence-corrected chi connectivity index (χ2v) is 11.8. The summed E-state index contributed by atoms with van der Waals surface area (Å²) in [5.41, 5.74) is 14.0. The highest BCUT2D eigenvalue weighted by molar-refractivity contribution is 5.88. The fraction of sp³-hybridized carbons (Fsp3) is 0.243. The topological polar surface area (TPSA) is 3.24 Å². The van der Waals surface area contributed by atoms with Crippen molar-refractivity contribution in [2.24, 2.45) is 0 Å². The Bertz CT molecular complexity index is 1630. The fourth-order valence-corrected chi connectivity index (χ4v) is 7.55. The van der Waals surface area contributed by atoms with Gasteiger partial charge in [0.25, 0.3) is 0 Å². The fourth-order valence-electron chi connectivity index (χ4n) is 7.55. The van der Waals surface area contributed by atoms with Gasteiger partial charge in [-0.2, -0.15) is 0 Å². The van der Waals surface area contributed by atoms with Gasteiger partial charge in [-0.15, -0.1) is 0 Å². The van der Waals surface area contributed by atoms with Gasteiger partial charge in [-0.3, -0.25) is 4.48 Å². The van der Waals surface area contributed by atoms with E-state index in [0.717, 1.165) is 23.9 Å². The molecule has 39 heavy (non-hydrogen) atoms. The van der Waals surface area contributed by atoms with Gasteiger partial charge in [-0.1, -0.05) is 97.9 Å². The van der Waals surface area contributed by atoms with Crippen LogP contribution in [0.25, 0.3) is 16.8 Å². The lowest BCUT2D eigenvalue weighted by Gasteiger charge is -2.59. The van der Waals surface area contributed by atoms with Crippen LogP contribution in [-0.4, -0.2) is 28.5 Å². The number of hydrogen-bond acceptors (Lipinski definition) is 1. The molecule has 0 saturated carbocycles. The number of quaternary nitrogens is 1. The third-order valence-electron chi connectivity index (χ3n) is 9.60. The van der Waals surface area contributed by atoms with Crippen molar-refractivity contribution < 1.29 is 4.48 Å². The largest absolute Gasteiger partial charge is 0.357 e. The van der Waals surface area contributed by atoms with Crippen LogP contribution in [0.1, 0.15) is 61.1 Å². The summed E-state index contributed by atoms with van der Waals surface area (Å²) in [6, 6.07) is 29.3. The van der Waals surface area contributed by atoms with Crippen LogP contribution in [0.5, 0.6) is 0 Å². The Hall–Kier alpha value is -3.88. The molecule has 2 heteroatoms. The number of hydrogen-bond donors (Lipinski definition) is 0. The number of fused-ring (bicyclic) bond motifs is 5. The molecule has 3 aromatic rings. The quantitative estimate of drug-likeness (QED) is 0.319. The zero-order valence-corrected chi connectivity index (χ0v) is 23.5. The van der Waals surface area contributed by atoms with Gasteiger partial charge < -0.3 is 4.90 Å². The SMILES string of the molecule is CCc1ccccc1C1=CC=CCN1C1(C)CC2=C1c1ccccc1C1C=C(C)C(c3ccccc3)=C[N+]21C. The molecule has 1 aliphatic carbocycles. The zero-order chi connectivity index (χ0) is 26.8. The first-order valence-electron chi connectivity index (χ1n) is 14.3. The molecule has 0 aromatic heterocycles. The molecule has 0 N–H and O–H groups in total. The smallest absolute Gasteiger partial charge is 0.143 e. The summed E-state index contributed by atoms with van der Waals surface area (Å²) in [4.78, 5) is 2.68. The first-order chi connectivity index (χ1) is 19.0.